The highest BCUT2D eigenvalue weighted by molar-refractivity contribution is 5.75. The first kappa shape index (κ1) is 15.5. The normalized spacial score (nSPS) is 21.4. The first-order chi connectivity index (χ1) is 8.29. The Bertz CT molecular complexity index is 264. The average molecular weight is 255 g/mol. The van der Waals surface area contributed by atoms with Crippen LogP contribution in [0.15, 0.2) is 0 Å². The molecule has 3 nitrogen and oxygen atoms in total. The fourth-order valence-electron chi connectivity index (χ4n) is 2.62. The molecule has 18 heavy (non-hydrogen) atoms. The van der Waals surface area contributed by atoms with Gasteiger partial charge in [-0.3, -0.25) is 4.79 Å². The van der Waals surface area contributed by atoms with Gasteiger partial charge in [0.15, 0.2) is 0 Å². The van der Waals surface area contributed by atoms with Crippen molar-refractivity contribution in [3.63, 3.8) is 0 Å². The second kappa shape index (κ2) is 6.55. The van der Waals surface area contributed by atoms with Crippen molar-refractivity contribution in [1.29, 1.82) is 0 Å². The van der Waals surface area contributed by atoms with Crippen LogP contribution in [-0.2, 0) is 9.53 Å². The van der Waals surface area contributed by atoms with Crippen molar-refractivity contribution in [3.8, 4) is 0 Å². The van der Waals surface area contributed by atoms with E-state index in [2.05, 4.69) is 12.2 Å². The number of nitrogens with one attached hydrogen (secondary N) is 1. The van der Waals surface area contributed by atoms with Gasteiger partial charge in [-0.1, -0.05) is 19.3 Å². The molecule has 1 rings (SSSR count). The molecule has 0 spiro atoms. The number of hydrogen-bond acceptors (Lipinski definition) is 3. The zero-order valence-electron chi connectivity index (χ0n) is 12.6. The van der Waals surface area contributed by atoms with Gasteiger partial charge in [-0.25, -0.2) is 0 Å². The van der Waals surface area contributed by atoms with E-state index in [1.807, 2.05) is 27.7 Å². The molecule has 1 saturated carbocycles. The number of ether oxygens (including phenoxy) is 1. The van der Waals surface area contributed by atoms with E-state index in [1.54, 1.807) is 0 Å². The highest BCUT2D eigenvalue weighted by Gasteiger charge is 2.26. The molecule has 1 aliphatic carbocycles. The summed E-state index contributed by atoms with van der Waals surface area (Å²) in [6.07, 6.45) is 6.60. The van der Waals surface area contributed by atoms with Gasteiger partial charge in [-0.15, -0.1) is 0 Å². The summed E-state index contributed by atoms with van der Waals surface area (Å²) in [6, 6.07) is 0.175. The third-order valence-corrected chi connectivity index (χ3v) is 3.63. The Hall–Kier alpha value is -0.570. The maximum Gasteiger partial charge on any atom is 0.323 e. The Labute approximate surface area is 112 Å². The number of carbonyl (C=O) groups is 1. The summed E-state index contributed by atoms with van der Waals surface area (Å²) in [5.41, 5.74) is -0.402. The van der Waals surface area contributed by atoms with Gasteiger partial charge in [0.25, 0.3) is 0 Å². The summed E-state index contributed by atoms with van der Waals surface area (Å²) in [4.78, 5) is 11.9. The SMILES string of the molecule is CC(N[C@H](C)C1CCCCC1)C(=O)OC(C)(C)C. The van der Waals surface area contributed by atoms with Crippen LogP contribution < -0.4 is 5.32 Å². The van der Waals surface area contributed by atoms with Crippen molar-refractivity contribution < 1.29 is 9.53 Å². The van der Waals surface area contributed by atoms with E-state index in [1.165, 1.54) is 32.1 Å². The van der Waals surface area contributed by atoms with Crippen LogP contribution in [0.1, 0.15) is 66.7 Å². The van der Waals surface area contributed by atoms with E-state index in [4.69, 9.17) is 4.74 Å². The van der Waals surface area contributed by atoms with Crippen molar-refractivity contribution in [2.75, 3.05) is 0 Å². The molecule has 0 bridgehead atoms. The molecule has 0 heterocycles. The molecule has 1 aliphatic rings. The first-order valence-corrected chi connectivity index (χ1v) is 7.28. The summed E-state index contributed by atoms with van der Waals surface area (Å²) in [7, 11) is 0. The minimum Gasteiger partial charge on any atom is -0.459 e. The van der Waals surface area contributed by atoms with Gasteiger partial charge in [-0.05, 0) is 53.4 Å². The fraction of sp³-hybridized carbons (Fsp3) is 0.933. The number of esters is 1. The molecule has 2 atom stereocenters. The minimum atomic E-state index is -0.402. The smallest absolute Gasteiger partial charge is 0.323 e. The predicted octanol–water partition coefficient (Wildman–Crippen LogP) is 3.28. The highest BCUT2D eigenvalue weighted by atomic mass is 16.6. The molecule has 0 aromatic carbocycles. The van der Waals surface area contributed by atoms with Gasteiger partial charge < -0.3 is 10.1 Å². The van der Waals surface area contributed by atoms with Crippen LogP contribution in [0.5, 0.6) is 0 Å². The summed E-state index contributed by atoms with van der Waals surface area (Å²) < 4.78 is 5.39. The van der Waals surface area contributed by atoms with Crippen molar-refractivity contribution >= 4 is 5.97 Å². The largest absolute Gasteiger partial charge is 0.459 e. The van der Waals surface area contributed by atoms with Crippen LogP contribution in [0.25, 0.3) is 0 Å². The topological polar surface area (TPSA) is 38.3 Å². The van der Waals surface area contributed by atoms with E-state index in [-0.39, 0.29) is 12.0 Å². The van der Waals surface area contributed by atoms with Gasteiger partial charge in [0, 0.05) is 6.04 Å². The van der Waals surface area contributed by atoms with E-state index in [9.17, 15) is 4.79 Å². The van der Waals surface area contributed by atoms with E-state index in [0.717, 1.165) is 0 Å². The van der Waals surface area contributed by atoms with Crippen LogP contribution in [0.3, 0.4) is 0 Å². The van der Waals surface area contributed by atoms with Gasteiger partial charge in [0.05, 0.1) is 0 Å². The summed E-state index contributed by atoms with van der Waals surface area (Å²) in [5, 5.41) is 3.40. The molecule has 0 radical (unpaired) electrons. The quantitative estimate of drug-likeness (QED) is 0.784. The van der Waals surface area contributed by atoms with Gasteiger partial charge in [0.1, 0.15) is 11.6 Å². The zero-order valence-corrected chi connectivity index (χ0v) is 12.6. The third kappa shape index (κ3) is 5.38. The lowest BCUT2D eigenvalue weighted by molar-refractivity contribution is -0.157. The highest BCUT2D eigenvalue weighted by Crippen LogP contribution is 2.26. The monoisotopic (exact) mass is 255 g/mol. The molecule has 1 N–H and O–H groups in total. The standard InChI is InChI=1S/C15H29NO2/c1-11(13-9-7-6-8-10-13)16-12(2)14(17)18-15(3,4)5/h11-13,16H,6-10H2,1-5H3/t11-,12?/m1/s1. The number of hydrogen-bond donors (Lipinski definition) is 1. The van der Waals surface area contributed by atoms with Gasteiger partial charge >= 0.3 is 5.97 Å². The fourth-order valence-corrected chi connectivity index (χ4v) is 2.62. The molecular weight excluding hydrogens is 226 g/mol. The van der Waals surface area contributed by atoms with Crippen LogP contribution in [0.2, 0.25) is 0 Å². The molecule has 0 aromatic rings. The summed E-state index contributed by atoms with van der Waals surface area (Å²) >= 11 is 0. The van der Waals surface area contributed by atoms with Gasteiger partial charge in [-0.2, -0.15) is 0 Å². The third-order valence-electron chi connectivity index (χ3n) is 3.63. The van der Waals surface area contributed by atoms with Crippen LogP contribution in [0.4, 0.5) is 0 Å². The second-order valence-electron chi connectivity index (χ2n) is 6.61. The zero-order chi connectivity index (χ0) is 13.8. The maximum absolute atomic E-state index is 11.9. The summed E-state index contributed by atoms with van der Waals surface area (Å²) in [6.45, 7) is 9.80. The molecule has 3 heteroatoms. The Morgan fingerprint density at radius 2 is 1.72 bits per heavy atom. The van der Waals surface area contributed by atoms with Crippen LogP contribution in [-0.4, -0.2) is 23.7 Å². The van der Waals surface area contributed by atoms with Crippen molar-refractivity contribution in [2.45, 2.75) is 84.4 Å². The Morgan fingerprint density at radius 3 is 2.22 bits per heavy atom. The Kier molecular flexibility index (Phi) is 5.64. The molecule has 0 aliphatic heterocycles. The van der Waals surface area contributed by atoms with Crippen LogP contribution in [0, 0.1) is 5.92 Å². The predicted molar refractivity (Wildman–Crippen MR) is 74.5 cm³/mol. The second-order valence-corrected chi connectivity index (χ2v) is 6.61. The lowest BCUT2D eigenvalue weighted by Crippen LogP contribution is -2.46. The average Bonchev–Trinajstić information content (AvgIpc) is 2.27. The van der Waals surface area contributed by atoms with Crippen molar-refractivity contribution in [1.82, 2.24) is 5.32 Å². The molecule has 106 valence electrons. The molecular formula is C15H29NO2. The molecule has 0 aromatic heterocycles. The van der Waals surface area contributed by atoms with E-state index < -0.39 is 5.60 Å². The lowest BCUT2D eigenvalue weighted by Gasteiger charge is -2.31. The van der Waals surface area contributed by atoms with Gasteiger partial charge in [0.2, 0.25) is 0 Å². The number of rotatable bonds is 4. The molecule has 1 unspecified atom stereocenters. The maximum atomic E-state index is 11.9. The molecule has 0 saturated heterocycles. The van der Waals surface area contributed by atoms with E-state index in [0.29, 0.717) is 12.0 Å². The van der Waals surface area contributed by atoms with Crippen molar-refractivity contribution in [3.05, 3.63) is 0 Å². The first-order valence-electron chi connectivity index (χ1n) is 7.28. The molecule has 1 fully saturated rings. The minimum absolute atomic E-state index is 0.148. The number of carbonyl (C=O) groups excluding carboxylic acids is 1. The van der Waals surface area contributed by atoms with Crippen molar-refractivity contribution in [2.24, 2.45) is 5.92 Å². The Morgan fingerprint density at radius 1 is 1.17 bits per heavy atom. The molecule has 0 amide bonds. The lowest BCUT2D eigenvalue weighted by atomic mass is 9.84. The van der Waals surface area contributed by atoms with Crippen LogP contribution >= 0.6 is 0 Å². The Balaban J connectivity index is 2.38. The van der Waals surface area contributed by atoms with E-state index >= 15 is 0 Å². The summed E-state index contributed by atoms with van der Waals surface area (Å²) in [5.74, 6) is 0.564.